The summed E-state index contributed by atoms with van der Waals surface area (Å²) >= 11 is 1.48. The number of hydrogen-bond donors (Lipinski definition) is 2. The molecular weight excluding hydrogens is 321 g/mol. The van der Waals surface area contributed by atoms with Gasteiger partial charge in [0.05, 0.1) is 17.0 Å². The summed E-state index contributed by atoms with van der Waals surface area (Å²) < 4.78 is 13.9. The topological polar surface area (TPSA) is 78.6 Å². The summed E-state index contributed by atoms with van der Waals surface area (Å²) in [6.45, 7) is 2.98. The summed E-state index contributed by atoms with van der Waals surface area (Å²) in [7, 11) is 0. The number of nitrogens with one attached hydrogen (secondary N) is 1. The maximum Gasteiger partial charge on any atom is 0.313 e. The van der Waals surface area contributed by atoms with Crippen molar-refractivity contribution in [2.24, 2.45) is 0 Å². The fourth-order valence-corrected chi connectivity index (χ4v) is 3.75. The zero-order valence-electron chi connectivity index (χ0n) is 12.2. The molecule has 0 bridgehead atoms. The monoisotopic (exact) mass is 337 g/mol. The molecular formula is C15H16FN3O3S. The van der Waals surface area contributed by atoms with Crippen LogP contribution in [-0.2, 0) is 0 Å². The van der Waals surface area contributed by atoms with E-state index in [2.05, 4.69) is 10.2 Å². The van der Waals surface area contributed by atoms with Crippen molar-refractivity contribution >= 4 is 17.0 Å². The van der Waals surface area contributed by atoms with Gasteiger partial charge in [-0.15, -0.1) is 11.3 Å². The number of phenolic OH excluding ortho intramolecular Hbond substituents is 1. The fraction of sp³-hybridized carbons (Fsp3) is 0.333. The number of nitrogens with zero attached hydrogens (tertiary/aromatic N) is 2. The minimum absolute atomic E-state index is 0.237. The Morgan fingerprint density at radius 1 is 1.39 bits per heavy atom. The zero-order chi connectivity index (χ0) is 16.4. The van der Waals surface area contributed by atoms with E-state index in [1.165, 1.54) is 17.4 Å². The number of halogens is 1. The molecule has 1 aliphatic rings. The number of phenols is 1. The van der Waals surface area contributed by atoms with Crippen LogP contribution in [0.2, 0.25) is 0 Å². The van der Waals surface area contributed by atoms with E-state index in [-0.39, 0.29) is 5.56 Å². The molecule has 8 heteroatoms. The molecule has 0 spiro atoms. The molecule has 2 N–H and O–H groups in total. The van der Waals surface area contributed by atoms with Gasteiger partial charge in [0.15, 0.2) is 5.75 Å². The summed E-state index contributed by atoms with van der Waals surface area (Å²) in [6, 6.07) is 5.32. The van der Waals surface area contributed by atoms with Gasteiger partial charge in [0.2, 0.25) is 0 Å². The molecule has 1 aliphatic heterocycles. The van der Waals surface area contributed by atoms with Crippen LogP contribution in [0.25, 0.3) is 0 Å². The number of nitro groups is 1. The van der Waals surface area contributed by atoms with Gasteiger partial charge < -0.3 is 10.4 Å². The Balaban J connectivity index is 2.11. The van der Waals surface area contributed by atoms with Gasteiger partial charge in [-0.05, 0) is 17.5 Å². The number of hydrogen-bond acceptors (Lipinski definition) is 6. The lowest BCUT2D eigenvalue weighted by molar-refractivity contribution is -0.386. The second kappa shape index (κ2) is 6.61. The van der Waals surface area contributed by atoms with Crippen molar-refractivity contribution in [1.82, 2.24) is 10.2 Å². The minimum atomic E-state index is -0.759. The van der Waals surface area contributed by atoms with Crippen LogP contribution in [0.5, 0.6) is 5.75 Å². The number of aromatic hydroxyl groups is 1. The highest BCUT2D eigenvalue weighted by atomic mass is 32.1. The van der Waals surface area contributed by atoms with Crippen molar-refractivity contribution in [2.45, 2.75) is 6.04 Å². The summed E-state index contributed by atoms with van der Waals surface area (Å²) in [6.07, 6.45) is 0. The third-order valence-electron chi connectivity index (χ3n) is 3.90. The number of thiophene rings is 1. The molecule has 1 fully saturated rings. The van der Waals surface area contributed by atoms with Crippen LogP contribution < -0.4 is 5.32 Å². The van der Waals surface area contributed by atoms with Crippen molar-refractivity contribution in [3.8, 4) is 5.75 Å². The van der Waals surface area contributed by atoms with Crippen molar-refractivity contribution in [2.75, 3.05) is 26.2 Å². The lowest BCUT2D eigenvalue weighted by Gasteiger charge is -2.34. The van der Waals surface area contributed by atoms with Crippen LogP contribution in [-0.4, -0.2) is 41.1 Å². The van der Waals surface area contributed by atoms with Gasteiger partial charge in [0.1, 0.15) is 5.82 Å². The third kappa shape index (κ3) is 3.19. The molecule has 6 nitrogen and oxygen atoms in total. The van der Waals surface area contributed by atoms with Crippen LogP contribution in [0.1, 0.15) is 16.5 Å². The lowest BCUT2D eigenvalue weighted by Crippen LogP contribution is -2.45. The fourth-order valence-electron chi connectivity index (χ4n) is 2.87. The average Bonchev–Trinajstić information content (AvgIpc) is 3.05. The Kier molecular flexibility index (Phi) is 4.56. The third-order valence-corrected chi connectivity index (χ3v) is 4.83. The molecule has 1 saturated heterocycles. The number of benzene rings is 1. The Hall–Kier alpha value is -2.03. The Morgan fingerprint density at radius 3 is 2.74 bits per heavy atom. The van der Waals surface area contributed by atoms with Gasteiger partial charge >= 0.3 is 5.69 Å². The maximum absolute atomic E-state index is 13.9. The molecule has 1 aromatic carbocycles. The molecule has 0 radical (unpaired) electrons. The average molecular weight is 337 g/mol. The predicted molar refractivity (Wildman–Crippen MR) is 85.3 cm³/mol. The quantitative estimate of drug-likeness (QED) is 0.662. The zero-order valence-corrected chi connectivity index (χ0v) is 13.1. The van der Waals surface area contributed by atoms with Crippen LogP contribution in [0, 0.1) is 15.9 Å². The Morgan fingerprint density at radius 2 is 2.13 bits per heavy atom. The van der Waals surface area contributed by atoms with Gasteiger partial charge in [-0.1, -0.05) is 6.07 Å². The van der Waals surface area contributed by atoms with Crippen LogP contribution in [0.3, 0.4) is 0 Å². The van der Waals surface area contributed by atoms with Crippen LogP contribution in [0.4, 0.5) is 10.1 Å². The summed E-state index contributed by atoms with van der Waals surface area (Å²) in [5, 5.41) is 26.5. The SMILES string of the molecule is O=[N+]([O-])c1cc(F)cc([C@H](c2cccs2)N2CCNCC2)c1O. The van der Waals surface area contributed by atoms with Crippen LogP contribution in [0.15, 0.2) is 29.6 Å². The maximum atomic E-state index is 13.9. The smallest absolute Gasteiger partial charge is 0.313 e. The van der Waals surface area contributed by atoms with Crippen molar-refractivity contribution in [1.29, 1.82) is 0 Å². The van der Waals surface area contributed by atoms with E-state index >= 15 is 0 Å². The molecule has 2 aromatic rings. The first kappa shape index (κ1) is 15.9. The summed E-state index contributed by atoms with van der Waals surface area (Å²) in [5.41, 5.74) is -0.363. The predicted octanol–water partition coefficient (Wildman–Crippen LogP) is 2.50. The largest absolute Gasteiger partial charge is 0.502 e. The molecule has 3 rings (SSSR count). The standard InChI is InChI=1S/C15H16FN3O3S/c16-10-8-11(15(20)12(9-10)19(21)22)14(13-2-1-7-23-13)18-5-3-17-4-6-18/h1-2,7-9,14,17,20H,3-6H2/t14-/m1/s1. The minimum Gasteiger partial charge on any atom is -0.502 e. The summed E-state index contributed by atoms with van der Waals surface area (Å²) in [4.78, 5) is 13.3. The van der Waals surface area contributed by atoms with Gasteiger partial charge in [0.25, 0.3) is 0 Å². The van der Waals surface area contributed by atoms with Crippen molar-refractivity contribution in [3.63, 3.8) is 0 Å². The molecule has 23 heavy (non-hydrogen) atoms. The molecule has 0 aliphatic carbocycles. The second-order valence-electron chi connectivity index (χ2n) is 5.32. The van der Waals surface area contributed by atoms with Crippen LogP contribution >= 0.6 is 11.3 Å². The first-order chi connectivity index (χ1) is 11.1. The molecule has 1 atom stereocenters. The van der Waals surface area contributed by atoms with Gasteiger partial charge in [-0.2, -0.15) is 0 Å². The van der Waals surface area contributed by atoms with Gasteiger partial charge in [-0.25, -0.2) is 4.39 Å². The lowest BCUT2D eigenvalue weighted by atomic mass is 10.0. The normalized spacial score (nSPS) is 17.1. The van der Waals surface area contributed by atoms with E-state index < -0.39 is 28.2 Å². The Labute approximate surface area is 136 Å². The number of piperazine rings is 1. The molecule has 0 unspecified atom stereocenters. The van der Waals surface area contributed by atoms with E-state index in [1.807, 2.05) is 17.5 Å². The van der Waals surface area contributed by atoms with E-state index in [0.29, 0.717) is 13.1 Å². The number of nitro benzene ring substituents is 1. The second-order valence-corrected chi connectivity index (χ2v) is 6.30. The molecule has 2 heterocycles. The van der Waals surface area contributed by atoms with Crippen molar-refractivity contribution in [3.05, 3.63) is 56.0 Å². The molecule has 0 amide bonds. The van der Waals surface area contributed by atoms with E-state index in [1.54, 1.807) is 0 Å². The van der Waals surface area contributed by atoms with E-state index in [9.17, 15) is 19.6 Å². The first-order valence-electron chi connectivity index (χ1n) is 7.23. The van der Waals surface area contributed by atoms with E-state index in [0.717, 1.165) is 24.0 Å². The molecule has 1 aromatic heterocycles. The van der Waals surface area contributed by atoms with Gasteiger partial charge in [-0.3, -0.25) is 15.0 Å². The molecule has 0 saturated carbocycles. The first-order valence-corrected chi connectivity index (χ1v) is 8.11. The highest BCUT2D eigenvalue weighted by Gasteiger charge is 2.31. The molecule has 122 valence electrons. The van der Waals surface area contributed by atoms with Crippen molar-refractivity contribution < 1.29 is 14.4 Å². The van der Waals surface area contributed by atoms with E-state index in [4.69, 9.17) is 0 Å². The highest BCUT2D eigenvalue weighted by Crippen LogP contribution is 2.41. The summed E-state index contributed by atoms with van der Waals surface area (Å²) in [5.74, 6) is -1.19. The number of rotatable bonds is 4. The highest BCUT2D eigenvalue weighted by molar-refractivity contribution is 7.10. The van der Waals surface area contributed by atoms with Gasteiger partial charge in [0, 0.05) is 36.6 Å². The Bertz CT molecular complexity index is 702.